The molecule has 0 radical (unpaired) electrons. The van der Waals surface area contributed by atoms with Crippen LogP contribution in [0.5, 0.6) is 0 Å². The second-order valence-electron chi connectivity index (χ2n) is 6.26. The SMILES string of the molecule is O=C(O)c1ccc(N2CCC(=Cc3ccc(C(F)(F)F)cc3)CC2)cc1. The molecule has 136 valence electrons. The minimum Gasteiger partial charge on any atom is -0.478 e. The van der Waals surface area contributed by atoms with Gasteiger partial charge in [0, 0.05) is 18.8 Å². The van der Waals surface area contributed by atoms with Crippen LogP contribution in [-0.4, -0.2) is 24.2 Å². The van der Waals surface area contributed by atoms with Crippen molar-refractivity contribution in [2.45, 2.75) is 19.0 Å². The predicted octanol–water partition coefficient (Wildman–Crippen LogP) is 5.09. The molecular weight excluding hydrogens is 343 g/mol. The summed E-state index contributed by atoms with van der Waals surface area (Å²) in [6.45, 7) is 1.58. The van der Waals surface area contributed by atoms with E-state index < -0.39 is 17.7 Å². The summed E-state index contributed by atoms with van der Waals surface area (Å²) in [7, 11) is 0. The van der Waals surface area contributed by atoms with Crippen molar-refractivity contribution >= 4 is 17.7 Å². The van der Waals surface area contributed by atoms with Gasteiger partial charge >= 0.3 is 12.1 Å². The van der Waals surface area contributed by atoms with Crippen molar-refractivity contribution in [3.8, 4) is 0 Å². The fraction of sp³-hybridized carbons (Fsp3) is 0.250. The molecule has 1 saturated heterocycles. The van der Waals surface area contributed by atoms with Gasteiger partial charge < -0.3 is 10.0 Å². The normalized spacial score (nSPS) is 15.0. The number of nitrogens with zero attached hydrogens (tertiary/aromatic N) is 1. The van der Waals surface area contributed by atoms with Gasteiger partial charge in [0.25, 0.3) is 0 Å². The van der Waals surface area contributed by atoms with E-state index in [9.17, 15) is 18.0 Å². The van der Waals surface area contributed by atoms with Crippen LogP contribution in [0.4, 0.5) is 18.9 Å². The fourth-order valence-electron chi connectivity index (χ4n) is 3.02. The molecule has 1 heterocycles. The lowest BCUT2D eigenvalue weighted by Crippen LogP contribution is -2.30. The van der Waals surface area contributed by atoms with Gasteiger partial charge in [-0.2, -0.15) is 13.2 Å². The van der Waals surface area contributed by atoms with Gasteiger partial charge in [-0.15, -0.1) is 0 Å². The Bertz CT molecular complexity index is 798. The summed E-state index contributed by atoms with van der Waals surface area (Å²) in [5.74, 6) is -0.947. The third kappa shape index (κ3) is 4.25. The molecule has 0 aliphatic carbocycles. The highest BCUT2D eigenvalue weighted by atomic mass is 19.4. The van der Waals surface area contributed by atoms with E-state index in [1.54, 1.807) is 24.3 Å². The van der Waals surface area contributed by atoms with E-state index in [4.69, 9.17) is 5.11 Å². The molecule has 3 rings (SSSR count). The molecule has 0 atom stereocenters. The van der Waals surface area contributed by atoms with E-state index in [-0.39, 0.29) is 5.56 Å². The summed E-state index contributed by atoms with van der Waals surface area (Å²) < 4.78 is 37.8. The van der Waals surface area contributed by atoms with E-state index >= 15 is 0 Å². The van der Waals surface area contributed by atoms with Crippen molar-refractivity contribution in [1.82, 2.24) is 0 Å². The second kappa shape index (κ2) is 7.23. The van der Waals surface area contributed by atoms with Gasteiger partial charge in [-0.05, 0) is 54.8 Å². The van der Waals surface area contributed by atoms with Crippen LogP contribution in [0, 0.1) is 0 Å². The van der Waals surface area contributed by atoms with Crippen molar-refractivity contribution in [2.24, 2.45) is 0 Å². The number of rotatable bonds is 3. The van der Waals surface area contributed by atoms with E-state index in [0.717, 1.165) is 49.3 Å². The lowest BCUT2D eigenvalue weighted by Gasteiger charge is -2.30. The van der Waals surface area contributed by atoms with E-state index in [2.05, 4.69) is 4.90 Å². The molecule has 0 spiro atoms. The van der Waals surface area contributed by atoms with Crippen LogP contribution in [0.3, 0.4) is 0 Å². The lowest BCUT2D eigenvalue weighted by molar-refractivity contribution is -0.137. The Hall–Kier alpha value is -2.76. The van der Waals surface area contributed by atoms with Gasteiger partial charge in [-0.3, -0.25) is 0 Å². The molecule has 0 aromatic heterocycles. The summed E-state index contributed by atoms with van der Waals surface area (Å²) in [6, 6.07) is 12.0. The topological polar surface area (TPSA) is 40.5 Å². The fourth-order valence-corrected chi connectivity index (χ4v) is 3.02. The number of alkyl halides is 3. The number of halogens is 3. The molecule has 26 heavy (non-hydrogen) atoms. The largest absolute Gasteiger partial charge is 0.478 e. The Labute approximate surface area is 149 Å². The Morgan fingerprint density at radius 1 is 0.962 bits per heavy atom. The first-order valence-corrected chi connectivity index (χ1v) is 8.28. The summed E-state index contributed by atoms with van der Waals surface area (Å²) in [5.41, 5.74) is 2.56. The number of benzene rings is 2. The maximum Gasteiger partial charge on any atom is 0.416 e. The zero-order chi connectivity index (χ0) is 18.7. The van der Waals surface area contributed by atoms with Gasteiger partial charge in [-0.25, -0.2) is 4.79 Å². The number of anilines is 1. The van der Waals surface area contributed by atoms with Gasteiger partial charge in [0.05, 0.1) is 11.1 Å². The summed E-state index contributed by atoms with van der Waals surface area (Å²) in [6.07, 6.45) is -0.721. The van der Waals surface area contributed by atoms with Crippen LogP contribution in [0.25, 0.3) is 6.08 Å². The Kier molecular flexibility index (Phi) is 5.02. The first-order valence-electron chi connectivity index (χ1n) is 8.28. The molecule has 1 aliphatic heterocycles. The monoisotopic (exact) mass is 361 g/mol. The molecule has 1 N–H and O–H groups in total. The number of carbonyl (C=O) groups is 1. The molecule has 3 nitrogen and oxygen atoms in total. The van der Waals surface area contributed by atoms with Crippen molar-refractivity contribution in [3.63, 3.8) is 0 Å². The first kappa shape index (κ1) is 18.0. The number of aromatic carboxylic acids is 1. The molecule has 0 saturated carbocycles. The Balaban J connectivity index is 1.62. The van der Waals surface area contributed by atoms with E-state index in [1.165, 1.54) is 17.7 Å². The summed E-state index contributed by atoms with van der Waals surface area (Å²) in [4.78, 5) is 13.1. The highest BCUT2D eigenvalue weighted by Crippen LogP contribution is 2.30. The van der Waals surface area contributed by atoms with Gasteiger partial charge in [0.1, 0.15) is 0 Å². The number of carboxylic acid groups (broad SMARTS) is 1. The quantitative estimate of drug-likeness (QED) is 0.828. The zero-order valence-electron chi connectivity index (χ0n) is 14.0. The number of piperidine rings is 1. The molecule has 2 aromatic rings. The van der Waals surface area contributed by atoms with Gasteiger partial charge in [0.2, 0.25) is 0 Å². The Morgan fingerprint density at radius 3 is 2.04 bits per heavy atom. The lowest BCUT2D eigenvalue weighted by atomic mass is 9.99. The van der Waals surface area contributed by atoms with Crippen LogP contribution >= 0.6 is 0 Å². The van der Waals surface area contributed by atoms with Gasteiger partial charge in [-0.1, -0.05) is 23.8 Å². The molecule has 0 unspecified atom stereocenters. The van der Waals surface area contributed by atoms with Crippen LogP contribution in [-0.2, 0) is 6.18 Å². The average Bonchev–Trinajstić information content (AvgIpc) is 2.62. The molecule has 0 amide bonds. The van der Waals surface area contributed by atoms with Crippen molar-refractivity contribution in [3.05, 3.63) is 70.8 Å². The molecular formula is C20H18F3NO2. The van der Waals surface area contributed by atoms with Crippen LogP contribution in [0.1, 0.15) is 34.3 Å². The Morgan fingerprint density at radius 2 is 1.54 bits per heavy atom. The van der Waals surface area contributed by atoms with Crippen LogP contribution in [0.2, 0.25) is 0 Å². The third-order valence-electron chi connectivity index (χ3n) is 4.49. The van der Waals surface area contributed by atoms with Crippen molar-refractivity contribution in [1.29, 1.82) is 0 Å². The third-order valence-corrected chi connectivity index (χ3v) is 4.49. The van der Waals surface area contributed by atoms with E-state index in [0.29, 0.717) is 0 Å². The predicted molar refractivity (Wildman–Crippen MR) is 94.3 cm³/mol. The van der Waals surface area contributed by atoms with E-state index in [1.807, 2.05) is 6.08 Å². The second-order valence-corrected chi connectivity index (χ2v) is 6.26. The van der Waals surface area contributed by atoms with Crippen molar-refractivity contribution < 1.29 is 23.1 Å². The first-order chi connectivity index (χ1) is 12.3. The standard InChI is InChI=1S/C20H18F3NO2/c21-20(22,23)17-5-1-14(2-6-17)13-15-9-11-24(12-10-15)18-7-3-16(4-8-18)19(25)26/h1-8,13H,9-12H2,(H,25,26). The highest BCUT2D eigenvalue weighted by Gasteiger charge is 2.29. The summed E-state index contributed by atoms with van der Waals surface area (Å²) >= 11 is 0. The minimum atomic E-state index is -4.31. The van der Waals surface area contributed by atoms with Crippen molar-refractivity contribution in [2.75, 3.05) is 18.0 Å². The minimum absolute atomic E-state index is 0.258. The van der Waals surface area contributed by atoms with Crippen LogP contribution in [0.15, 0.2) is 54.1 Å². The number of hydrogen-bond donors (Lipinski definition) is 1. The maximum absolute atomic E-state index is 12.6. The maximum atomic E-state index is 12.6. The summed E-state index contributed by atoms with van der Waals surface area (Å²) in [5, 5.41) is 8.94. The van der Waals surface area contributed by atoms with Crippen LogP contribution < -0.4 is 4.90 Å². The molecule has 2 aromatic carbocycles. The number of carboxylic acids is 1. The average molecular weight is 361 g/mol. The van der Waals surface area contributed by atoms with Gasteiger partial charge in [0.15, 0.2) is 0 Å². The molecule has 0 bridgehead atoms. The smallest absolute Gasteiger partial charge is 0.416 e. The molecule has 1 aliphatic rings. The highest BCUT2D eigenvalue weighted by molar-refractivity contribution is 5.88. The molecule has 6 heteroatoms. The number of hydrogen-bond acceptors (Lipinski definition) is 2. The zero-order valence-corrected chi connectivity index (χ0v) is 14.0. The molecule has 1 fully saturated rings.